The summed E-state index contributed by atoms with van der Waals surface area (Å²) in [7, 11) is 1.73. The first-order chi connectivity index (χ1) is 9.66. The van der Waals surface area contributed by atoms with Crippen LogP contribution in [0.2, 0.25) is 0 Å². The van der Waals surface area contributed by atoms with Crippen molar-refractivity contribution in [1.29, 1.82) is 0 Å². The second kappa shape index (κ2) is 4.70. The Morgan fingerprint density at radius 2 is 1.95 bits per heavy atom. The predicted octanol–water partition coefficient (Wildman–Crippen LogP) is 2.41. The largest absolute Gasteiger partial charge is 0.394 e. The normalized spacial score (nSPS) is 10.7. The molecule has 0 saturated heterocycles. The number of benzene rings is 2. The van der Waals surface area contributed by atoms with Crippen molar-refractivity contribution in [3.05, 3.63) is 54.2 Å². The quantitative estimate of drug-likeness (QED) is 0.748. The minimum Gasteiger partial charge on any atom is -0.394 e. The van der Waals surface area contributed by atoms with Gasteiger partial charge in [-0.2, -0.15) is 5.10 Å². The number of carbonyl (C=O) groups is 1. The average molecular weight is 266 g/mol. The molecule has 5 heteroatoms. The highest BCUT2D eigenvalue weighted by Gasteiger charge is 2.13. The van der Waals surface area contributed by atoms with E-state index in [0.29, 0.717) is 17.1 Å². The van der Waals surface area contributed by atoms with E-state index in [1.807, 2.05) is 36.4 Å². The van der Waals surface area contributed by atoms with Crippen LogP contribution in [0.25, 0.3) is 10.8 Å². The lowest BCUT2D eigenvalue weighted by molar-refractivity contribution is 0.102. The minimum atomic E-state index is -0.197. The number of rotatable bonds is 2. The molecule has 0 atom stereocenters. The summed E-state index contributed by atoms with van der Waals surface area (Å²) in [5.74, 6) is 0.306. The SMILES string of the molecule is Cn1ncc(N)c1NC(=O)c1cccc2ccccc12. The zero-order valence-corrected chi connectivity index (χ0v) is 11.0. The van der Waals surface area contributed by atoms with Gasteiger partial charge in [0.15, 0.2) is 5.82 Å². The molecule has 1 amide bonds. The van der Waals surface area contributed by atoms with E-state index in [9.17, 15) is 4.79 Å². The number of aryl methyl sites for hydroxylation is 1. The fourth-order valence-corrected chi connectivity index (χ4v) is 2.21. The van der Waals surface area contributed by atoms with Crippen LogP contribution < -0.4 is 11.1 Å². The van der Waals surface area contributed by atoms with E-state index in [0.717, 1.165) is 10.8 Å². The van der Waals surface area contributed by atoms with Gasteiger partial charge in [-0.05, 0) is 16.8 Å². The number of nitrogens with two attached hydrogens (primary N) is 1. The van der Waals surface area contributed by atoms with Gasteiger partial charge in [-0.3, -0.25) is 9.48 Å². The van der Waals surface area contributed by atoms with Crippen LogP contribution in [0, 0.1) is 0 Å². The molecule has 0 fully saturated rings. The van der Waals surface area contributed by atoms with Gasteiger partial charge in [0.2, 0.25) is 0 Å². The number of hydrogen-bond acceptors (Lipinski definition) is 3. The van der Waals surface area contributed by atoms with Crippen LogP contribution in [0.15, 0.2) is 48.7 Å². The summed E-state index contributed by atoms with van der Waals surface area (Å²) < 4.78 is 1.54. The molecule has 3 rings (SSSR count). The molecule has 0 aliphatic heterocycles. The van der Waals surface area contributed by atoms with E-state index in [-0.39, 0.29) is 5.91 Å². The molecule has 0 aliphatic rings. The number of nitrogen functional groups attached to an aromatic ring is 1. The predicted molar refractivity (Wildman–Crippen MR) is 79.5 cm³/mol. The molecule has 0 radical (unpaired) electrons. The lowest BCUT2D eigenvalue weighted by atomic mass is 10.0. The van der Waals surface area contributed by atoms with Crippen molar-refractivity contribution < 1.29 is 4.79 Å². The molecule has 0 saturated carbocycles. The highest BCUT2D eigenvalue weighted by Crippen LogP contribution is 2.21. The smallest absolute Gasteiger partial charge is 0.257 e. The van der Waals surface area contributed by atoms with E-state index in [1.165, 1.54) is 6.20 Å². The monoisotopic (exact) mass is 266 g/mol. The van der Waals surface area contributed by atoms with Crippen molar-refractivity contribution in [3.63, 3.8) is 0 Å². The summed E-state index contributed by atoms with van der Waals surface area (Å²) in [4.78, 5) is 12.4. The Labute approximate surface area is 116 Å². The summed E-state index contributed by atoms with van der Waals surface area (Å²) in [6, 6.07) is 13.4. The van der Waals surface area contributed by atoms with Crippen molar-refractivity contribution >= 4 is 28.2 Å². The Morgan fingerprint density at radius 1 is 1.20 bits per heavy atom. The van der Waals surface area contributed by atoms with Crippen LogP contribution in [-0.4, -0.2) is 15.7 Å². The third-order valence-electron chi connectivity index (χ3n) is 3.23. The van der Waals surface area contributed by atoms with Crippen LogP contribution in [0.3, 0.4) is 0 Å². The summed E-state index contributed by atoms with van der Waals surface area (Å²) in [5, 5.41) is 8.74. The first kappa shape index (κ1) is 12.2. The van der Waals surface area contributed by atoms with Gasteiger partial charge in [0.1, 0.15) is 0 Å². The molecule has 5 nitrogen and oxygen atoms in total. The van der Waals surface area contributed by atoms with Gasteiger partial charge >= 0.3 is 0 Å². The van der Waals surface area contributed by atoms with Gasteiger partial charge in [-0.15, -0.1) is 0 Å². The van der Waals surface area contributed by atoms with Crippen LogP contribution in [0.4, 0.5) is 11.5 Å². The van der Waals surface area contributed by atoms with Gasteiger partial charge in [0.05, 0.1) is 11.9 Å². The molecule has 100 valence electrons. The average Bonchev–Trinajstić information content (AvgIpc) is 2.78. The first-order valence-electron chi connectivity index (χ1n) is 6.23. The van der Waals surface area contributed by atoms with Crippen molar-refractivity contribution in [2.24, 2.45) is 7.05 Å². The number of amides is 1. The molecule has 0 spiro atoms. The van der Waals surface area contributed by atoms with Crippen LogP contribution in [-0.2, 0) is 7.05 Å². The van der Waals surface area contributed by atoms with Gasteiger partial charge in [-0.25, -0.2) is 0 Å². The third-order valence-corrected chi connectivity index (χ3v) is 3.23. The topological polar surface area (TPSA) is 72.9 Å². The summed E-state index contributed by atoms with van der Waals surface area (Å²) >= 11 is 0. The Bertz CT molecular complexity index is 767. The molecular weight excluding hydrogens is 252 g/mol. The Balaban J connectivity index is 2.01. The lowest BCUT2D eigenvalue weighted by Crippen LogP contribution is -2.16. The summed E-state index contributed by atoms with van der Waals surface area (Å²) in [6.45, 7) is 0. The van der Waals surface area contributed by atoms with Crippen molar-refractivity contribution in [3.8, 4) is 0 Å². The highest BCUT2D eigenvalue weighted by molar-refractivity contribution is 6.13. The molecule has 3 N–H and O–H groups in total. The van der Waals surface area contributed by atoms with Crippen molar-refractivity contribution in [2.75, 3.05) is 11.1 Å². The van der Waals surface area contributed by atoms with E-state index in [1.54, 1.807) is 17.8 Å². The molecular formula is C15H14N4O. The van der Waals surface area contributed by atoms with Crippen LogP contribution in [0.1, 0.15) is 10.4 Å². The van der Waals surface area contributed by atoms with Gasteiger partial charge in [-0.1, -0.05) is 36.4 Å². The molecule has 20 heavy (non-hydrogen) atoms. The second-order valence-corrected chi connectivity index (χ2v) is 4.55. The fourth-order valence-electron chi connectivity index (χ4n) is 2.21. The van der Waals surface area contributed by atoms with Crippen molar-refractivity contribution in [1.82, 2.24) is 9.78 Å². The first-order valence-corrected chi connectivity index (χ1v) is 6.23. The number of nitrogens with one attached hydrogen (secondary N) is 1. The van der Waals surface area contributed by atoms with E-state index < -0.39 is 0 Å². The number of anilines is 2. The third kappa shape index (κ3) is 1.99. The zero-order valence-electron chi connectivity index (χ0n) is 11.0. The Hall–Kier alpha value is -2.82. The van der Waals surface area contributed by atoms with E-state index >= 15 is 0 Å². The standard InChI is InChI=1S/C15H14N4O/c1-19-14(13(16)9-17-19)18-15(20)12-8-4-6-10-5-2-3-7-11(10)12/h2-9H,16H2,1H3,(H,18,20). The molecule has 1 aromatic heterocycles. The fraction of sp³-hybridized carbons (Fsp3) is 0.0667. The van der Waals surface area contributed by atoms with Crippen molar-refractivity contribution in [2.45, 2.75) is 0 Å². The maximum atomic E-state index is 12.4. The number of carbonyl (C=O) groups excluding carboxylic acids is 1. The molecule has 0 aliphatic carbocycles. The minimum absolute atomic E-state index is 0.197. The highest BCUT2D eigenvalue weighted by atomic mass is 16.1. The van der Waals surface area contributed by atoms with Crippen LogP contribution >= 0.6 is 0 Å². The maximum Gasteiger partial charge on any atom is 0.257 e. The Kier molecular flexibility index (Phi) is 2.87. The van der Waals surface area contributed by atoms with Gasteiger partial charge in [0, 0.05) is 12.6 Å². The van der Waals surface area contributed by atoms with Gasteiger partial charge in [0.25, 0.3) is 5.91 Å². The van der Waals surface area contributed by atoms with Gasteiger partial charge < -0.3 is 11.1 Å². The lowest BCUT2D eigenvalue weighted by Gasteiger charge is -2.09. The number of fused-ring (bicyclic) bond motifs is 1. The summed E-state index contributed by atoms with van der Waals surface area (Å²) in [6.07, 6.45) is 1.51. The molecule has 2 aromatic carbocycles. The number of hydrogen-bond donors (Lipinski definition) is 2. The molecule has 3 aromatic rings. The maximum absolute atomic E-state index is 12.4. The van der Waals surface area contributed by atoms with E-state index in [4.69, 9.17) is 5.73 Å². The Morgan fingerprint density at radius 3 is 2.70 bits per heavy atom. The second-order valence-electron chi connectivity index (χ2n) is 4.55. The summed E-state index contributed by atoms with van der Waals surface area (Å²) in [5.41, 5.74) is 6.84. The molecule has 1 heterocycles. The number of nitrogens with zero attached hydrogens (tertiary/aromatic N) is 2. The number of aromatic nitrogens is 2. The van der Waals surface area contributed by atoms with Crippen LogP contribution in [0.5, 0.6) is 0 Å². The zero-order chi connectivity index (χ0) is 14.1. The molecule has 0 unspecified atom stereocenters. The van der Waals surface area contributed by atoms with E-state index in [2.05, 4.69) is 10.4 Å². The molecule has 0 bridgehead atoms.